The van der Waals surface area contributed by atoms with Crippen LogP contribution in [-0.2, 0) is 26.2 Å². The van der Waals surface area contributed by atoms with Crippen LogP contribution in [0.3, 0.4) is 0 Å². The maximum atomic E-state index is 14.2. The van der Waals surface area contributed by atoms with E-state index in [9.17, 15) is 18.0 Å². The molecule has 1 aliphatic carbocycles. The summed E-state index contributed by atoms with van der Waals surface area (Å²) in [5, 5.41) is 3.74. The summed E-state index contributed by atoms with van der Waals surface area (Å²) < 4.78 is 39.9. The number of methoxy groups -OCH3 is 2. The maximum Gasteiger partial charge on any atom is 0.264 e. The number of para-hydroxylation sites is 2. The first kappa shape index (κ1) is 33.4. The van der Waals surface area contributed by atoms with Crippen LogP contribution in [0.4, 0.5) is 5.69 Å². The Kier molecular flexibility index (Phi) is 11.4. The summed E-state index contributed by atoms with van der Waals surface area (Å²) in [6.45, 7) is 1.04. The number of ether oxygens (including phenoxy) is 2. The van der Waals surface area contributed by atoms with Gasteiger partial charge >= 0.3 is 0 Å². The molecule has 1 N–H and O–H groups in total. The zero-order valence-electron chi connectivity index (χ0n) is 25.0. The summed E-state index contributed by atoms with van der Waals surface area (Å²) in [4.78, 5) is 29.0. The number of benzene rings is 3. The molecule has 0 aliphatic heterocycles. The molecule has 0 aromatic heterocycles. The summed E-state index contributed by atoms with van der Waals surface area (Å²) in [5.41, 5.74) is 0.805. The number of nitrogens with one attached hydrogen (secondary N) is 1. The number of sulfonamides is 1. The molecule has 1 fully saturated rings. The summed E-state index contributed by atoms with van der Waals surface area (Å²) in [6.07, 6.45) is 4.94. The molecule has 236 valence electrons. The Bertz CT molecular complexity index is 1560. The number of nitrogens with zero attached hydrogens (tertiary/aromatic N) is 2. The van der Waals surface area contributed by atoms with Gasteiger partial charge in [0.2, 0.25) is 11.8 Å². The molecule has 4 rings (SSSR count). The van der Waals surface area contributed by atoms with Crippen molar-refractivity contribution in [1.29, 1.82) is 0 Å². The van der Waals surface area contributed by atoms with E-state index in [1.165, 1.54) is 43.4 Å². The third-order valence-electron chi connectivity index (χ3n) is 7.74. The number of carbonyl (C=O) groups is 2. The molecule has 0 heterocycles. The van der Waals surface area contributed by atoms with Crippen LogP contribution >= 0.6 is 23.2 Å². The van der Waals surface area contributed by atoms with Gasteiger partial charge in [0.1, 0.15) is 24.1 Å². The quantitative estimate of drug-likeness (QED) is 0.253. The fourth-order valence-electron chi connectivity index (χ4n) is 5.21. The second kappa shape index (κ2) is 15.0. The molecule has 0 saturated heterocycles. The smallest absolute Gasteiger partial charge is 0.264 e. The van der Waals surface area contributed by atoms with Gasteiger partial charge in [0.05, 0.1) is 34.8 Å². The molecule has 0 unspecified atom stereocenters. The van der Waals surface area contributed by atoms with Gasteiger partial charge < -0.3 is 19.7 Å². The first-order valence-corrected chi connectivity index (χ1v) is 16.6. The molecule has 1 atom stereocenters. The van der Waals surface area contributed by atoms with Gasteiger partial charge in [-0.1, -0.05) is 60.7 Å². The fraction of sp³-hybridized carbons (Fsp3) is 0.375. The number of carbonyl (C=O) groups excluding carboxylic acids is 2. The van der Waals surface area contributed by atoms with Crippen LogP contribution in [0.1, 0.15) is 44.6 Å². The predicted octanol–water partition coefficient (Wildman–Crippen LogP) is 6.07. The Balaban J connectivity index is 1.72. The van der Waals surface area contributed by atoms with Gasteiger partial charge in [0, 0.05) is 12.6 Å². The Morgan fingerprint density at radius 2 is 1.61 bits per heavy atom. The van der Waals surface area contributed by atoms with Gasteiger partial charge in [-0.2, -0.15) is 0 Å². The molecule has 1 saturated carbocycles. The lowest BCUT2D eigenvalue weighted by Crippen LogP contribution is -2.53. The predicted molar refractivity (Wildman–Crippen MR) is 172 cm³/mol. The molecule has 1 aliphatic rings. The van der Waals surface area contributed by atoms with Crippen molar-refractivity contribution in [3.8, 4) is 11.5 Å². The van der Waals surface area contributed by atoms with E-state index >= 15 is 0 Å². The highest BCUT2D eigenvalue weighted by Gasteiger charge is 2.34. The number of amides is 2. The number of rotatable bonds is 12. The van der Waals surface area contributed by atoms with E-state index in [2.05, 4.69) is 5.32 Å². The minimum absolute atomic E-state index is 0.00266. The molecule has 0 radical (unpaired) electrons. The first-order chi connectivity index (χ1) is 21.0. The van der Waals surface area contributed by atoms with Crippen LogP contribution in [0.15, 0.2) is 71.6 Å². The normalized spacial score (nSPS) is 14.4. The number of hydrogen-bond acceptors (Lipinski definition) is 6. The van der Waals surface area contributed by atoms with Crippen molar-refractivity contribution in [2.75, 3.05) is 25.1 Å². The largest absolute Gasteiger partial charge is 0.497 e. The van der Waals surface area contributed by atoms with Crippen molar-refractivity contribution < 1.29 is 27.5 Å². The molecule has 0 bridgehead atoms. The van der Waals surface area contributed by atoms with E-state index in [0.717, 1.165) is 36.4 Å². The van der Waals surface area contributed by atoms with Gasteiger partial charge in [-0.05, 0) is 73.9 Å². The maximum absolute atomic E-state index is 14.2. The van der Waals surface area contributed by atoms with E-state index in [-0.39, 0.29) is 34.8 Å². The lowest BCUT2D eigenvalue weighted by molar-refractivity contribution is -0.139. The van der Waals surface area contributed by atoms with Crippen molar-refractivity contribution in [3.63, 3.8) is 0 Å². The third kappa shape index (κ3) is 7.97. The van der Waals surface area contributed by atoms with E-state index < -0.39 is 28.5 Å². The molecular weight excluding hydrogens is 625 g/mol. The highest BCUT2D eigenvalue weighted by Crippen LogP contribution is 2.33. The molecule has 3 aromatic rings. The second-order valence-corrected chi connectivity index (χ2v) is 13.3. The van der Waals surface area contributed by atoms with Crippen LogP contribution < -0.4 is 19.1 Å². The van der Waals surface area contributed by atoms with E-state index in [4.69, 9.17) is 32.7 Å². The molecule has 0 spiro atoms. The zero-order valence-corrected chi connectivity index (χ0v) is 27.3. The topological polar surface area (TPSA) is 105 Å². The fourth-order valence-corrected chi connectivity index (χ4v) is 6.96. The standard InChI is InChI=1S/C32H37Cl2N3O6S/c1-22(32(39)35-24-9-5-4-6-10-24)36(20-23-13-18-27(33)28(34)19-23)31(38)21-37(29-11-7-8-12-30(29)43-3)44(40,41)26-16-14-25(42-2)15-17-26/h7-8,11-19,22,24H,4-6,9-10,20-21H2,1-3H3,(H,35,39)/t22-/m0/s1. The molecule has 3 aromatic carbocycles. The van der Waals surface area contributed by atoms with Crippen molar-refractivity contribution in [2.24, 2.45) is 0 Å². The Morgan fingerprint density at radius 1 is 0.932 bits per heavy atom. The molecular formula is C32H37Cl2N3O6S. The minimum Gasteiger partial charge on any atom is -0.497 e. The van der Waals surface area contributed by atoms with Crippen LogP contribution in [0.5, 0.6) is 11.5 Å². The van der Waals surface area contributed by atoms with Gasteiger partial charge in [0.25, 0.3) is 10.0 Å². The monoisotopic (exact) mass is 661 g/mol. The van der Waals surface area contributed by atoms with Crippen LogP contribution in [0.25, 0.3) is 0 Å². The van der Waals surface area contributed by atoms with E-state index in [0.29, 0.717) is 21.4 Å². The SMILES string of the molecule is COc1ccc(S(=O)(=O)N(CC(=O)N(Cc2ccc(Cl)c(Cl)c2)[C@@H](C)C(=O)NC2CCCCC2)c2ccccc2OC)cc1. The van der Waals surface area contributed by atoms with E-state index in [1.807, 2.05) is 0 Å². The highest BCUT2D eigenvalue weighted by atomic mass is 35.5. The Labute approximate surface area is 269 Å². The Morgan fingerprint density at radius 3 is 2.25 bits per heavy atom. The van der Waals surface area contributed by atoms with Crippen molar-refractivity contribution in [2.45, 2.75) is 62.6 Å². The average Bonchev–Trinajstić information content (AvgIpc) is 3.04. The second-order valence-electron chi connectivity index (χ2n) is 10.6. The zero-order chi connectivity index (χ0) is 31.9. The first-order valence-electron chi connectivity index (χ1n) is 14.4. The van der Waals surface area contributed by atoms with Gasteiger partial charge in [-0.25, -0.2) is 8.42 Å². The summed E-state index contributed by atoms with van der Waals surface area (Å²) in [5.74, 6) is -0.163. The lowest BCUT2D eigenvalue weighted by Gasteiger charge is -2.33. The summed E-state index contributed by atoms with van der Waals surface area (Å²) >= 11 is 12.4. The molecule has 9 nitrogen and oxygen atoms in total. The van der Waals surface area contributed by atoms with Crippen LogP contribution in [0.2, 0.25) is 10.0 Å². The van der Waals surface area contributed by atoms with Gasteiger partial charge in [-0.3, -0.25) is 13.9 Å². The highest BCUT2D eigenvalue weighted by molar-refractivity contribution is 7.92. The average molecular weight is 663 g/mol. The minimum atomic E-state index is -4.28. The van der Waals surface area contributed by atoms with Crippen LogP contribution in [-0.4, -0.2) is 58.0 Å². The van der Waals surface area contributed by atoms with Gasteiger partial charge in [-0.15, -0.1) is 0 Å². The van der Waals surface area contributed by atoms with Crippen LogP contribution in [0, 0.1) is 0 Å². The van der Waals surface area contributed by atoms with Crippen molar-refractivity contribution >= 4 is 50.7 Å². The summed E-state index contributed by atoms with van der Waals surface area (Å²) in [6, 6.07) is 16.5. The number of halogens is 2. The van der Waals surface area contributed by atoms with Crippen molar-refractivity contribution in [3.05, 3.63) is 82.3 Å². The molecule has 44 heavy (non-hydrogen) atoms. The molecule has 12 heteroatoms. The third-order valence-corrected chi connectivity index (χ3v) is 10.2. The number of anilines is 1. The summed E-state index contributed by atoms with van der Waals surface area (Å²) in [7, 11) is -1.38. The Hall–Kier alpha value is -3.47. The van der Waals surface area contributed by atoms with Crippen molar-refractivity contribution in [1.82, 2.24) is 10.2 Å². The van der Waals surface area contributed by atoms with E-state index in [1.54, 1.807) is 49.4 Å². The number of hydrogen-bond donors (Lipinski definition) is 1. The van der Waals surface area contributed by atoms with Gasteiger partial charge in [0.15, 0.2) is 0 Å². The molecule has 2 amide bonds. The lowest BCUT2D eigenvalue weighted by atomic mass is 9.95.